The van der Waals surface area contributed by atoms with Crippen LogP contribution in [0.4, 0.5) is 0 Å². The predicted octanol–water partition coefficient (Wildman–Crippen LogP) is 1.38. The number of methoxy groups -OCH3 is 2. The van der Waals surface area contributed by atoms with Crippen LogP contribution in [0, 0.1) is 0 Å². The second-order valence-corrected chi connectivity index (χ2v) is 3.64. The normalized spacial score (nSPS) is 9.69. The van der Waals surface area contributed by atoms with Crippen LogP contribution in [0.2, 0.25) is 0 Å². The quantitative estimate of drug-likeness (QED) is 0.588. The van der Waals surface area contributed by atoms with E-state index in [9.17, 15) is 9.59 Å². The smallest absolute Gasteiger partial charge is 0.356 e. The number of carbonyl (C=O) groups excluding carboxylic acids is 2. The Kier molecular flexibility index (Phi) is 4.30. The molecule has 0 atom stereocenters. The summed E-state index contributed by atoms with van der Waals surface area (Å²) in [6, 6.07) is 3.12. The number of ether oxygens (including phenoxy) is 2. The van der Waals surface area contributed by atoms with Gasteiger partial charge in [-0.15, -0.1) is 11.8 Å². The first-order valence-electron chi connectivity index (χ1n) is 4.35. The fraction of sp³-hybridized carbons (Fsp3) is 0.300. The lowest BCUT2D eigenvalue weighted by molar-refractivity contribution is 0.0585. The Bertz CT molecular complexity index is 385. The molecular formula is C10H11NO4S. The number of nitrogens with zero attached hydrogens (tertiary/aromatic N) is 1. The summed E-state index contributed by atoms with van der Waals surface area (Å²) in [5.74, 6) is -1.16. The Hall–Kier alpha value is -1.56. The molecule has 0 saturated heterocycles. The summed E-state index contributed by atoms with van der Waals surface area (Å²) in [5, 5.41) is 0. The molecule has 1 aromatic heterocycles. The van der Waals surface area contributed by atoms with Crippen LogP contribution >= 0.6 is 11.8 Å². The van der Waals surface area contributed by atoms with E-state index in [1.54, 1.807) is 12.1 Å². The van der Waals surface area contributed by atoms with Gasteiger partial charge in [-0.05, 0) is 18.4 Å². The van der Waals surface area contributed by atoms with Crippen LogP contribution in [0.1, 0.15) is 21.0 Å². The fourth-order valence-electron chi connectivity index (χ4n) is 1.04. The number of hydrogen-bond donors (Lipinski definition) is 0. The fourth-order valence-corrected chi connectivity index (χ4v) is 1.50. The first kappa shape index (κ1) is 12.5. The van der Waals surface area contributed by atoms with E-state index in [4.69, 9.17) is 0 Å². The first-order chi connectivity index (χ1) is 7.62. The lowest BCUT2D eigenvalue weighted by Gasteiger charge is -2.04. The van der Waals surface area contributed by atoms with E-state index in [0.717, 1.165) is 4.90 Å². The Morgan fingerprint density at radius 1 is 1.12 bits per heavy atom. The van der Waals surface area contributed by atoms with E-state index >= 15 is 0 Å². The highest BCUT2D eigenvalue weighted by molar-refractivity contribution is 7.98. The largest absolute Gasteiger partial charge is 0.464 e. The molecule has 0 aliphatic rings. The van der Waals surface area contributed by atoms with E-state index in [2.05, 4.69) is 14.5 Å². The molecular weight excluding hydrogens is 230 g/mol. The Morgan fingerprint density at radius 3 is 1.88 bits per heavy atom. The second-order valence-electron chi connectivity index (χ2n) is 2.76. The maximum atomic E-state index is 11.3. The third-order valence-corrected chi connectivity index (χ3v) is 2.53. The monoisotopic (exact) mass is 241 g/mol. The van der Waals surface area contributed by atoms with E-state index in [-0.39, 0.29) is 11.4 Å². The van der Waals surface area contributed by atoms with Gasteiger partial charge in [-0.25, -0.2) is 14.6 Å². The summed E-state index contributed by atoms with van der Waals surface area (Å²) >= 11 is 1.40. The van der Waals surface area contributed by atoms with Crippen LogP contribution in [0.3, 0.4) is 0 Å². The van der Waals surface area contributed by atoms with Gasteiger partial charge in [0.15, 0.2) is 0 Å². The molecule has 0 aromatic carbocycles. The summed E-state index contributed by atoms with van der Waals surface area (Å²) in [5.41, 5.74) is 0.185. The molecule has 1 rings (SSSR count). The lowest BCUT2D eigenvalue weighted by atomic mass is 10.3. The molecule has 1 aromatic rings. The maximum Gasteiger partial charge on any atom is 0.356 e. The van der Waals surface area contributed by atoms with Crippen molar-refractivity contribution < 1.29 is 19.1 Å². The molecule has 5 nitrogen and oxygen atoms in total. The average molecular weight is 241 g/mol. The van der Waals surface area contributed by atoms with Crippen LogP contribution in [0.5, 0.6) is 0 Å². The zero-order chi connectivity index (χ0) is 12.1. The zero-order valence-corrected chi connectivity index (χ0v) is 9.96. The standard InChI is InChI=1S/C10H11NO4S/c1-14-9(12)7-4-6(16-3)5-8(11-7)10(13)15-2/h4-5H,1-3H3. The van der Waals surface area contributed by atoms with E-state index in [0.29, 0.717) is 0 Å². The number of rotatable bonds is 3. The van der Waals surface area contributed by atoms with Crippen molar-refractivity contribution in [2.75, 3.05) is 20.5 Å². The molecule has 0 unspecified atom stereocenters. The van der Waals surface area contributed by atoms with E-state index in [1.807, 2.05) is 6.26 Å². The molecule has 0 fully saturated rings. The van der Waals surface area contributed by atoms with Gasteiger partial charge >= 0.3 is 11.9 Å². The topological polar surface area (TPSA) is 65.5 Å². The highest BCUT2D eigenvalue weighted by Gasteiger charge is 2.15. The highest BCUT2D eigenvalue weighted by atomic mass is 32.2. The van der Waals surface area contributed by atoms with Crippen molar-refractivity contribution in [3.63, 3.8) is 0 Å². The number of carbonyl (C=O) groups is 2. The number of esters is 2. The number of thioether (sulfide) groups is 1. The zero-order valence-electron chi connectivity index (χ0n) is 9.14. The van der Waals surface area contributed by atoms with Gasteiger partial charge in [-0.1, -0.05) is 0 Å². The summed E-state index contributed by atoms with van der Waals surface area (Å²) in [6.45, 7) is 0. The maximum absolute atomic E-state index is 11.3. The molecule has 0 bridgehead atoms. The predicted molar refractivity (Wildman–Crippen MR) is 58.7 cm³/mol. The molecule has 0 spiro atoms. The van der Waals surface area contributed by atoms with Gasteiger partial charge < -0.3 is 9.47 Å². The third kappa shape index (κ3) is 2.73. The van der Waals surface area contributed by atoms with Crippen molar-refractivity contribution in [2.45, 2.75) is 4.90 Å². The van der Waals surface area contributed by atoms with Gasteiger partial charge in [0.05, 0.1) is 14.2 Å². The van der Waals surface area contributed by atoms with Gasteiger partial charge in [0.2, 0.25) is 0 Å². The molecule has 16 heavy (non-hydrogen) atoms. The molecule has 6 heteroatoms. The van der Waals surface area contributed by atoms with Crippen molar-refractivity contribution >= 4 is 23.7 Å². The molecule has 0 radical (unpaired) electrons. The number of hydrogen-bond acceptors (Lipinski definition) is 6. The van der Waals surface area contributed by atoms with Gasteiger partial charge in [0.25, 0.3) is 0 Å². The SMILES string of the molecule is COC(=O)c1cc(SC)cc(C(=O)OC)n1. The van der Waals surface area contributed by atoms with Crippen molar-refractivity contribution in [1.82, 2.24) is 4.98 Å². The Balaban J connectivity index is 3.20. The van der Waals surface area contributed by atoms with Crippen molar-refractivity contribution in [3.8, 4) is 0 Å². The lowest BCUT2D eigenvalue weighted by Crippen LogP contribution is -2.11. The minimum absolute atomic E-state index is 0.0924. The van der Waals surface area contributed by atoms with Crippen LogP contribution in [0.25, 0.3) is 0 Å². The minimum atomic E-state index is -0.582. The molecule has 0 N–H and O–H groups in total. The van der Waals surface area contributed by atoms with Gasteiger partial charge in [-0.2, -0.15) is 0 Å². The van der Waals surface area contributed by atoms with Crippen LogP contribution < -0.4 is 0 Å². The first-order valence-corrected chi connectivity index (χ1v) is 5.57. The van der Waals surface area contributed by atoms with E-state index < -0.39 is 11.9 Å². The third-order valence-electron chi connectivity index (χ3n) is 1.82. The van der Waals surface area contributed by atoms with Crippen molar-refractivity contribution in [1.29, 1.82) is 0 Å². The number of pyridine rings is 1. The van der Waals surface area contributed by atoms with Crippen LogP contribution in [-0.2, 0) is 9.47 Å². The highest BCUT2D eigenvalue weighted by Crippen LogP contribution is 2.17. The molecule has 0 saturated carbocycles. The molecule has 1 heterocycles. The average Bonchev–Trinajstić information content (AvgIpc) is 2.35. The van der Waals surface area contributed by atoms with Crippen molar-refractivity contribution in [2.24, 2.45) is 0 Å². The summed E-state index contributed by atoms with van der Waals surface area (Å²) < 4.78 is 9.08. The van der Waals surface area contributed by atoms with Crippen LogP contribution in [0.15, 0.2) is 17.0 Å². The summed E-state index contributed by atoms with van der Waals surface area (Å²) in [4.78, 5) is 27.2. The molecule has 0 amide bonds. The second kappa shape index (κ2) is 5.50. The Labute approximate surface area is 97.1 Å². The number of aromatic nitrogens is 1. The van der Waals surface area contributed by atoms with Crippen LogP contribution in [-0.4, -0.2) is 37.4 Å². The van der Waals surface area contributed by atoms with E-state index in [1.165, 1.54) is 26.0 Å². The summed E-state index contributed by atoms with van der Waals surface area (Å²) in [6.07, 6.45) is 1.83. The minimum Gasteiger partial charge on any atom is -0.464 e. The van der Waals surface area contributed by atoms with Gasteiger partial charge in [0, 0.05) is 4.90 Å². The van der Waals surface area contributed by atoms with Gasteiger partial charge in [-0.3, -0.25) is 0 Å². The van der Waals surface area contributed by atoms with Crippen molar-refractivity contribution in [3.05, 3.63) is 23.5 Å². The Morgan fingerprint density at radius 2 is 1.56 bits per heavy atom. The molecule has 0 aliphatic carbocycles. The molecule has 86 valence electrons. The van der Waals surface area contributed by atoms with Gasteiger partial charge in [0.1, 0.15) is 11.4 Å². The molecule has 0 aliphatic heterocycles. The summed E-state index contributed by atoms with van der Waals surface area (Å²) in [7, 11) is 2.52.